The molecule has 29 heavy (non-hydrogen) atoms. The number of primary amides is 1. The zero-order chi connectivity index (χ0) is 20.4. The molecule has 1 saturated heterocycles. The van der Waals surface area contributed by atoms with Crippen molar-refractivity contribution in [3.8, 4) is 0 Å². The smallest absolute Gasteiger partial charge is 0.345 e. The normalized spacial score (nSPS) is 32.6. The van der Waals surface area contributed by atoms with Crippen molar-refractivity contribution in [3.63, 3.8) is 0 Å². The molecular weight excluding hydrogens is 370 g/mol. The van der Waals surface area contributed by atoms with Gasteiger partial charge in [0.15, 0.2) is 0 Å². The van der Waals surface area contributed by atoms with Crippen LogP contribution < -0.4 is 5.73 Å². The molecule has 8 heteroatoms. The number of amides is 3. The van der Waals surface area contributed by atoms with Crippen molar-refractivity contribution in [1.29, 1.82) is 0 Å². The first-order valence-electron chi connectivity index (χ1n) is 10.9. The Balaban J connectivity index is 1.44. The van der Waals surface area contributed by atoms with Gasteiger partial charge in [0.1, 0.15) is 12.1 Å². The van der Waals surface area contributed by atoms with Crippen LogP contribution in [0.2, 0.25) is 0 Å². The van der Waals surface area contributed by atoms with Crippen LogP contribution in [-0.4, -0.2) is 64.7 Å². The van der Waals surface area contributed by atoms with Crippen molar-refractivity contribution in [2.45, 2.75) is 95.0 Å². The third kappa shape index (κ3) is 4.23. The van der Waals surface area contributed by atoms with Crippen molar-refractivity contribution in [1.82, 2.24) is 9.96 Å². The molecule has 1 unspecified atom stereocenters. The quantitative estimate of drug-likeness (QED) is 0.566. The van der Waals surface area contributed by atoms with E-state index in [4.69, 9.17) is 10.6 Å². The maximum Gasteiger partial charge on any atom is 0.345 e. The Labute approximate surface area is 171 Å². The fraction of sp³-hybridized carbons (Fsp3) is 0.762. The summed E-state index contributed by atoms with van der Waals surface area (Å²) in [4.78, 5) is 41.5. The lowest BCUT2D eigenvalue weighted by atomic mass is 9.93. The molecule has 4 aliphatic rings. The van der Waals surface area contributed by atoms with E-state index in [0.717, 1.165) is 44.1 Å². The molecular formula is C21H31N5O3. The summed E-state index contributed by atoms with van der Waals surface area (Å²) < 4.78 is 0. The fourth-order valence-corrected chi connectivity index (χ4v) is 4.99. The van der Waals surface area contributed by atoms with Gasteiger partial charge in [0, 0.05) is 0 Å². The van der Waals surface area contributed by atoms with Crippen molar-refractivity contribution >= 4 is 17.9 Å². The molecule has 4 rings (SSSR count). The molecule has 2 bridgehead atoms. The van der Waals surface area contributed by atoms with Gasteiger partial charge in [-0.05, 0) is 38.2 Å². The van der Waals surface area contributed by atoms with Crippen LogP contribution in [-0.2, 0) is 9.63 Å². The van der Waals surface area contributed by atoms with Gasteiger partial charge in [-0.1, -0.05) is 38.2 Å². The molecule has 8 nitrogen and oxygen atoms in total. The maximum absolute atomic E-state index is 12.9. The van der Waals surface area contributed by atoms with Crippen LogP contribution in [0, 0.1) is 0 Å². The van der Waals surface area contributed by atoms with Crippen molar-refractivity contribution < 1.29 is 14.4 Å². The van der Waals surface area contributed by atoms with Crippen LogP contribution in [0.4, 0.5) is 4.79 Å². The second kappa shape index (κ2) is 8.67. The van der Waals surface area contributed by atoms with E-state index in [1.165, 1.54) is 29.2 Å². The molecule has 0 aromatic rings. The van der Waals surface area contributed by atoms with Gasteiger partial charge in [0.25, 0.3) is 0 Å². The lowest BCUT2D eigenvalue weighted by Crippen LogP contribution is -2.48. The summed E-state index contributed by atoms with van der Waals surface area (Å²) in [5.41, 5.74) is 6.30. The summed E-state index contributed by atoms with van der Waals surface area (Å²) in [6, 6.07) is 2.08. The van der Waals surface area contributed by atoms with E-state index in [9.17, 15) is 9.59 Å². The molecule has 0 radical (unpaired) electrons. The number of hydrogen-bond acceptors (Lipinski definition) is 5. The van der Waals surface area contributed by atoms with Crippen LogP contribution in [0.25, 0.3) is 0 Å². The second-order valence-corrected chi connectivity index (χ2v) is 8.69. The standard InChI is InChI=1S/C21H31N5O3/c1-14-11-16-12-25(19(14)20(22)27)21(28)26(16)29-18-10-6-5-9-17(18)24-13-23-15-7-3-2-4-8-15/h11,15-19H,2-10,12H2,1H3,(H2,22,27)/t16-,17?,18-,19+/m1/s1. The minimum absolute atomic E-state index is 0.0450. The van der Waals surface area contributed by atoms with Crippen LogP contribution in [0.3, 0.4) is 0 Å². The first-order chi connectivity index (χ1) is 14.0. The molecule has 3 fully saturated rings. The highest BCUT2D eigenvalue weighted by molar-refractivity contribution is 5.90. The number of hydrogen-bond donors (Lipinski definition) is 1. The second-order valence-electron chi connectivity index (χ2n) is 8.69. The van der Waals surface area contributed by atoms with E-state index in [1.54, 1.807) is 0 Å². The number of hydroxylamine groups is 2. The predicted molar refractivity (Wildman–Crippen MR) is 108 cm³/mol. The molecule has 0 aromatic carbocycles. The molecule has 4 atom stereocenters. The topological polar surface area (TPSA) is 101 Å². The van der Waals surface area contributed by atoms with E-state index >= 15 is 0 Å². The monoisotopic (exact) mass is 401 g/mol. The molecule has 2 heterocycles. The number of fused-ring (bicyclic) bond motifs is 2. The molecule has 0 spiro atoms. The van der Waals surface area contributed by atoms with Crippen LogP contribution in [0.15, 0.2) is 21.6 Å². The van der Waals surface area contributed by atoms with Crippen molar-refractivity contribution in [2.75, 3.05) is 6.54 Å². The molecule has 2 aliphatic heterocycles. The fourth-order valence-electron chi connectivity index (χ4n) is 4.99. The van der Waals surface area contributed by atoms with E-state index in [-0.39, 0.29) is 24.2 Å². The molecule has 158 valence electrons. The summed E-state index contributed by atoms with van der Waals surface area (Å²) in [7, 11) is 0. The lowest BCUT2D eigenvalue weighted by Gasteiger charge is -2.32. The summed E-state index contributed by atoms with van der Waals surface area (Å²) in [5.74, 6) is -0.508. The number of nitrogens with zero attached hydrogens (tertiary/aromatic N) is 4. The van der Waals surface area contributed by atoms with Crippen molar-refractivity contribution in [3.05, 3.63) is 11.6 Å². The van der Waals surface area contributed by atoms with Gasteiger partial charge in [0.05, 0.1) is 30.7 Å². The first kappa shape index (κ1) is 20.1. The Hall–Kier alpha value is -2.18. The van der Waals surface area contributed by atoms with Gasteiger partial charge in [-0.2, -0.15) is 5.06 Å². The Kier molecular flexibility index (Phi) is 6.01. The summed E-state index contributed by atoms with van der Waals surface area (Å²) >= 11 is 0. The summed E-state index contributed by atoms with van der Waals surface area (Å²) in [5, 5.41) is 1.42. The third-order valence-electron chi connectivity index (χ3n) is 6.54. The summed E-state index contributed by atoms with van der Waals surface area (Å²) in [6.07, 6.45) is 11.7. The molecule has 2 aliphatic carbocycles. The van der Waals surface area contributed by atoms with Gasteiger partial charge < -0.3 is 10.6 Å². The SMILES string of the molecule is CC1=C[C@@H]2CN(C(=O)N2O[C@@H]2CCCCC2N=C=NC2CCCCC2)[C@@H]1C(N)=O. The average molecular weight is 402 g/mol. The first-order valence-corrected chi connectivity index (χ1v) is 10.9. The number of rotatable bonds is 5. The highest BCUT2D eigenvalue weighted by Gasteiger charge is 2.48. The molecule has 2 saturated carbocycles. The highest BCUT2D eigenvalue weighted by atomic mass is 16.7. The zero-order valence-electron chi connectivity index (χ0n) is 17.1. The Morgan fingerprint density at radius 3 is 2.62 bits per heavy atom. The van der Waals surface area contributed by atoms with Gasteiger partial charge >= 0.3 is 6.03 Å². The van der Waals surface area contributed by atoms with Gasteiger partial charge in [-0.3, -0.25) is 9.63 Å². The number of aliphatic imine (C=N–C) groups is 2. The van der Waals surface area contributed by atoms with Crippen LogP contribution in [0.1, 0.15) is 64.7 Å². The van der Waals surface area contributed by atoms with E-state index in [2.05, 4.69) is 16.0 Å². The predicted octanol–water partition coefficient (Wildman–Crippen LogP) is 2.66. The Bertz CT molecular complexity index is 739. The summed E-state index contributed by atoms with van der Waals surface area (Å²) in [6.45, 7) is 2.26. The number of carbonyl (C=O) groups is 2. The highest BCUT2D eigenvalue weighted by Crippen LogP contribution is 2.32. The van der Waals surface area contributed by atoms with E-state index in [1.807, 2.05) is 13.0 Å². The number of urea groups is 1. The van der Waals surface area contributed by atoms with E-state index in [0.29, 0.717) is 12.6 Å². The largest absolute Gasteiger partial charge is 0.368 e. The van der Waals surface area contributed by atoms with Crippen LogP contribution >= 0.6 is 0 Å². The minimum atomic E-state index is -0.685. The number of nitrogens with two attached hydrogens (primary N) is 1. The minimum Gasteiger partial charge on any atom is -0.368 e. The van der Waals surface area contributed by atoms with E-state index < -0.39 is 11.9 Å². The Morgan fingerprint density at radius 2 is 1.86 bits per heavy atom. The molecule has 3 amide bonds. The third-order valence-corrected chi connectivity index (χ3v) is 6.54. The van der Waals surface area contributed by atoms with Crippen molar-refractivity contribution in [2.24, 2.45) is 15.7 Å². The Morgan fingerprint density at radius 1 is 1.14 bits per heavy atom. The van der Waals surface area contributed by atoms with Gasteiger partial charge in [-0.15, -0.1) is 0 Å². The lowest BCUT2D eigenvalue weighted by molar-refractivity contribution is -0.176. The maximum atomic E-state index is 12.9. The molecule has 2 N–H and O–H groups in total. The average Bonchev–Trinajstić information content (AvgIpc) is 2.95. The van der Waals surface area contributed by atoms with Gasteiger partial charge in [0.2, 0.25) is 5.91 Å². The van der Waals surface area contributed by atoms with Gasteiger partial charge in [-0.25, -0.2) is 14.8 Å². The zero-order valence-corrected chi connectivity index (χ0v) is 17.1. The number of carbonyl (C=O) groups excluding carboxylic acids is 2. The molecule has 0 aromatic heterocycles. The van der Waals surface area contributed by atoms with Crippen LogP contribution in [0.5, 0.6) is 0 Å².